The van der Waals surface area contributed by atoms with Crippen LogP contribution < -0.4 is 5.32 Å². The van der Waals surface area contributed by atoms with Gasteiger partial charge in [0, 0.05) is 17.7 Å². The van der Waals surface area contributed by atoms with Crippen LogP contribution in [0, 0.1) is 15.5 Å². The van der Waals surface area contributed by atoms with Crippen LogP contribution in [0.25, 0.3) is 21.5 Å². The van der Waals surface area contributed by atoms with E-state index in [0.29, 0.717) is 5.56 Å². The standard InChI is InChI=1S/C34H32N2O8/c1-5-42-31(38)34(32(39)43-6-2)21(3)33(4,29(35-34)22-15-17-25(18-16-22)36(40)41)30(37)44-20-28-26-13-9-7-11-23(26)19-24-12-8-10-14-27(24)28/h7-19,29,35H,3,5-6,20H2,1-2,4H3. The average Bonchev–Trinajstić information content (AvgIpc) is 3.27. The Labute approximate surface area is 253 Å². The van der Waals surface area contributed by atoms with E-state index >= 15 is 0 Å². The van der Waals surface area contributed by atoms with E-state index < -0.39 is 39.8 Å². The first kappa shape index (κ1) is 30.4. The summed E-state index contributed by atoms with van der Waals surface area (Å²) < 4.78 is 16.6. The van der Waals surface area contributed by atoms with E-state index in [0.717, 1.165) is 27.1 Å². The number of nitro groups is 1. The van der Waals surface area contributed by atoms with Gasteiger partial charge in [0.25, 0.3) is 5.69 Å². The minimum Gasteiger partial charge on any atom is -0.464 e. The number of benzene rings is 4. The molecule has 44 heavy (non-hydrogen) atoms. The van der Waals surface area contributed by atoms with Crippen LogP contribution in [-0.2, 0) is 35.2 Å². The SMILES string of the molecule is C=C1C(C(=O)OCC)(C(=O)OCC)NC(c2ccc([N+](=O)[O-])cc2)C1(C)C(=O)OCc1c2ccccc2cc2ccccc12. The number of carbonyl (C=O) groups excluding carboxylic acids is 3. The van der Waals surface area contributed by atoms with Crippen molar-refractivity contribution < 1.29 is 33.5 Å². The van der Waals surface area contributed by atoms with Crippen LogP contribution in [0.5, 0.6) is 0 Å². The lowest BCUT2D eigenvalue weighted by Crippen LogP contribution is -2.57. The molecule has 1 saturated heterocycles. The number of hydrogen-bond acceptors (Lipinski definition) is 9. The van der Waals surface area contributed by atoms with Gasteiger partial charge >= 0.3 is 17.9 Å². The average molecular weight is 597 g/mol. The minimum absolute atomic E-state index is 0.0491. The van der Waals surface area contributed by atoms with Gasteiger partial charge in [-0.05, 0) is 59.5 Å². The number of hydrogen-bond donors (Lipinski definition) is 1. The number of nitro benzene ring substituents is 1. The number of carbonyl (C=O) groups is 3. The Morgan fingerprint density at radius 3 is 1.86 bits per heavy atom. The van der Waals surface area contributed by atoms with Crippen LogP contribution in [0.1, 0.15) is 37.9 Å². The maximum absolute atomic E-state index is 14.3. The second kappa shape index (κ2) is 11.9. The van der Waals surface area contributed by atoms with Gasteiger partial charge in [0.05, 0.1) is 24.2 Å². The van der Waals surface area contributed by atoms with Gasteiger partial charge in [-0.25, -0.2) is 9.59 Å². The molecule has 2 atom stereocenters. The summed E-state index contributed by atoms with van der Waals surface area (Å²) in [5.41, 5.74) is -3.05. The Hall–Kier alpha value is -5.09. The van der Waals surface area contributed by atoms with E-state index in [4.69, 9.17) is 14.2 Å². The second-order valence-corrected chi connectivity index (χ2v) is 10.7. The maximum atomic E-state index is 14.3. The molecule has 1 fully saturated rings. The molecule has 1 aliphatic rings. The zero-order valence-corrected chi connectivity index (χ0v) is 24.6. The summed E-state index contributed by atoms with van der Waals surface area (Å²) in [6, 6.07) is 22.0. The predicted octanol–water partition coefficient (Wildman–Crippen LogP) is 5.72. The monoisotopic (exact) mass is 596 g/mol. The number of fused-ring (bicyclic) bond motifs is 2. The minimum atomic E-state index is -2.24. The first-order valence-electron chi connectivity index (χ1n) is 14.2. The van der Waals surface area contributed by atoms with E-state index in [2.05, 4.69) is 18.0 Å². The molecule has 226 valence electrons. The Morgan fingerprint density at radius 2 is 1.36 bits per heavy atom. The highest BCUT2D eigenvalue weighted by Gasteiger charge is 2.68. The number of ether oxygens (including phenoxy) is 3. The molecule has 4 aromatic carbocycles. The summed E-state index contributed by atoms with van der Waals surface area (Å²) in [4.78, 5) is 52.1. The van der Waals surface area contributed by atoms with Gasteiger partial charge in [0.15, 0.2) is 0 Å². The molecule has 5 rings (SSSR count). The van der Waals surface area contributed by atoms with E-state index in [-0.39, 0.29) is 31.1 Å². The molecular weight excluding hydrogens is 564 g/mol. The van der Waals surface area contributed by atoms with E-state index in [1.165, 1.54) is 31.2 Å². The molecule has 0 radical (unpaired) electrons. The molecule has 0 spiro atoms. The van der Waals surface area contributed by atoms with Crippen molar-refractivity contribution in [3.8, 4) is 0 Å². The van der Waals surface area contributed by atoms with Crippen LogP contribution in [0.2, 0.25) is 0 Å². The predicted molar refractivity (Wildman–Crippen MR) is 163 cm³/mol. The Balaban J connectivity index is 1.61. The number of nitrogens with one attached hydrogen (secondary N) is 1. The largest absolute Gasteiger partial charge is 0.464 e. The van der Waals surface area contributed by atoms with Crippen LogP contribution in [0.15, 0.2) is 91.0 Å². The molecule has 0 amide bonds. The van der Waals surface area contributed by atoms with Gasteiger partial charge in [0.1, 0.15) is 12.0 Å². The topological polar surface area (TPSA) is 134 Å². The first-order chi connectivity index (χ1) is 21.1. The van der Waals surface area contributed by atoms with Crippen molar-refractivity contribution in [2.24, 2.45) is 5.41 Å². The van der Waals surface area contributed by atoms with E-state index in [9.17, 15) is 24.5 Å². The highest BCUT2D eigenvalue weighted by Crippen LogP contribution is 2.53. The van der Waals surface area contributed by atoms with E-state index in [1.54, 1.807) is 13.8 Å². The van der Waals surface area contributed by atoms with Crippen LogP contribution in [0.3, 0.4) is 0 Å². The van der Waals surface area contributed by atoms with Crippen molar-refractivity contribution in [1.82, 2.24) is 5.32 Å². The van der Waals surface area contributed by atoms with Crippen molar-refractivity contribution >= 4 is 45.1 Å². The van der Waals surface area contributed by atoms with E-state index in [1.807, 2.05) is 48.5 Å². The van der Waals surface area contributed by atoms with Gasteiger partial charge in [0.2, 0.25) is 5.54 Å². The number of nitrogens with zero attached hydrogens (tertiary/aromatic N) is 1. The summed E-state index contributed by atoms with van der Waals surface area (Å²) >= 11 is 0. The summed E-state index contributed by atoms with van der Waals surface area (Å²) in [6.07, 6.45) is 0. The summed E-state index contributed by atoms with van der Waals surface area (Å²) in [6.45, 7) is 8.59. The summed E-state index contributed by atoms with van der Waals surface area (Å²) in [7, 11) is 0. The smallest absolute Gasteiger partial charge is 0.342 e. The lowest BCUT2D eigenvalue weighted by Gasteiger charge is -2.31. The fourth-order valence-electron chi connectivity index (χ4n) is 5.94. The molecule has 2 unspecified atom stereocenters. The zero-order valence-electron chi connectivity index (χ0n) is 24.6. The van der Waals surface area contributed by atoms with Gasteiger partial charge in [-0.2, -0.15) is 0 Å². The third kappa shape index (κ3) is 4.87. The number of non-ortho nitro benzene ring substituents is 1. The molecule has 1 aliphatic heterocycles. The second-order valence-electron chi connectivity index (χ2n) is 10.7. The summed E-state index contributed by atoms with van der Waals surface area (Å²) in [5, 5.41) is 18.1. The lowest BCUT2D eigenvalue weighted by molar-refractivity contribution is -0.384. The van der Waals surface area contributed by atoms with Crippen molar-refractivity contribution in [2.45, 2.75) is 39.0 Å². The van der Waals surface area contributed by atoms with Gasteiger partial charge < -0.3 is 14.2 Å². The molecule has 0 bridgehead atoms. The van der Waals surface area contributed by atoms with Crippen molar-refractivity contribution in [2.75, 3.05) is 13.2 Å². The van der Waals surface area contributed by atoms with Gasteiger partial charge in [-0.3, -0.25) is 20.2 Å². The molecule has 10 heteroatoms. The first-order valence-corrected chi connectivity index (χ1v) is 14.2. The highest BCUT2D eigenvalue weighted by molar-refractivity contribution is 6.11. The van der Waals surface area contributed by atoms with Crippen molar-refractivity contribution in [3.63, 3.8) is 0 Å². The quantitative estimate of drug-likeness (QED) is 0.0490. The fourth-order valence-corrected chi connectivity index (χ4v) is 5.94. The zero-order chi connectivity index (χ0) is 31.6. The fraction of sp³-hybridized carbons (Fsp3) is 0.265. The summed E-state index contributed by atoms with van der Waals surface area (Å²) in [5.74, 6) is -2.72. The normalized spacial score (nSPS) is 19.1. The van der Waals surface area contributed by atoms with Crippen LogP contribution in [-0.4, -0.2) is 41.6 Å². The van der Waals surface area contributed by atoms with Gasteiger partial charge in [-0.15, -0.1) is 0 Å². The Kier molecular flexibility index (Phi) is 8.21. The van der Waals surface area contributed by atoms with Gasteiger partial charge in [-0.1, -0.05) is 67.2 Å². The maximum Gasteiger partial charge on any atom is 0.342 e. The van der Waals surface area contributed by atoms with Crippen molar-refractivity contribution in [1.29, 1.82) is 0 Å². The van der Waals surface area contributed by atoms with Crippen LogP contribution >= 0.6 is 0 Å². The number of esters is 3. The Morgan fingerprint density at radius 1 is 0.841 bits per heavy atom. The third-order valence-corrected chi connectivity index (χ3v) is 8.27. The number of rotatable bonds is 9. The molecule has 0 aromatic heterocycles. The lowest BCUT2D eigenvalue weighted by atomic mass is 9.72. The molecule has 0 saturated carbocycles. The highest BCUT2D eigenvalue weighted by atomic mass is 16.6. The molecular formula is C34H32N2O8. The van der Waals surface area contributed by atoms with Crippen molar-refractivity contribution in [3.05, 3.63) is 112 Å². The van der Waals surface area contributed by atoms with Crippen LogP contribution in [0.4, 0.5) is 5.69 Å². The molecule has 1 heterocycles. The Bertz CT molecular complexity index is 1730. The molecule has 4 aromatic rings. The molecule has 10 nitrogen and oxygen atoms in total. The molecule has 1 N–H and O–H groups in total. The third-order valence-electron chi connectivity index (χ3n) is 8.27. The molecule has 0 aliphatic carbocycles.